The second-order valence-corrected chi connectivity index (χ2v) is 8.05. The zero-order chi connectivity index (χ0) is 22.4. The highest BCUT2D eigenvalue weighted by Crippen LogP contribution is 2.36. The van der Waals surface area contributed by atoms with Crippen LogP contribution in [0.5, 0.6) is 0 Å². The number of hydrogen-bond donors (Lipinski definition) is 2. The van der Waals surface area contributed by atoms with E-state index in [0.29, 0.717) is 17.8 Å². The van der Waals surface area contributed by atoms with Crippen LogP contribution in [0.4, 0.5) is 22.4 Å². The lowest BCUT2D eigenvalue weighted by Crippen LogP contribution is -2.44. The van der Waals surface area contributed by atoms with Crippen LogP contribution in [0.15, 0.2) is 18.2 Å². The number of nitrogens with two attached hydrogens (primary N) is 1. The van der Waals surface area contributed by atoms with E-state index in [9.17, 15) is 27.2 Å². The summed E-state index contributed by atoms with van der Waals surface area (Å²) in [6.45, 7) is 5.66. The maximum atomic E-state index is 13.7. The summed E-state index contributed by atoms with van der Waals surface area (Å²) in [5.74, 6) is -1.99. The molecular weight excluding hydrogens is 406 g/mol. The molecule has 0 saturated carbocycles. The van der Waals surface area contributed by atoms with Gasteiger partial charge < -0.3 is 16.0 Å². The molecule has 0 unspecified atom stereocenters. The Morgan fingerprint density at radius 1 is 1.17 bits per heavy atom. The molecule has 0 spiro atoms. The number of benzene rings is 1. The zero-order valence-electron chi connectivity index (χ0n) is 16.6. The molecule has 0 atom stereocenters. The second kappa shape index (κ2) is 7.29. The largest absolute Gasteiger partial charge is 0.419 e. The quantitative estimate of drug-likeness (QED) is 0.722. The van der Waals surface area contributed by atoms with Crippen molar-refractivity contribution in [2.24, 2.45) is 5.73 Å². The van der Waals surface area contributed by atoms with E-state index in [2.05, 4.69) is 10.4 Å². The molecule has 1 aliphatic rings. The molecule has 0 saturated heterocycles. The number of amides is 3. The number of alkyl halides is 3. The minimum Gasteiger partial charge on any atom is -0.351 e. The van der Waals surface area contributed by atoms with Crippen molar-refractivity contribution in [2.75, 3.05) is 6.54 Å². The number of carbonyl (C=O) groups is 2. The maximum Gasteiger partial charge on any atom is 0.419 e. The van der Waals surface area contributed by atoms with E-state index in [1.807, 2.05) is 0 Å². The normalized spacial score (nSPS) is 14.4. The minimum atomic E-state index is -4.91. The standard InChI is InChI=1S/C19H21F4N5O2/c1-18(2,3)25-16(29)14-13-9-27(17(24)30)6-7-28(13)26-15(14)10-4-5-12(20)11(8-10)19(21,22)23/h4-5,8H,6-7,9H2,1-3H3,(H2,24,30)(H,25,29). The predicted molar refractivity (Wildman–Crippen MR) is 99.8 cm³/mol. The number of halogens is 4. The Morgan fingerprint density at radius 2 is 1.83 bits per heavy atom. The number of carbonyl (C=O) groups excluding carboxylic acids is 2. The molecule has 0 radical (unpaired) electrons. The van der Waals surface area contributed by atoms with E-state index in [4.69, 9.17) is 5.73 Å². The molecule has 1 aliphatic heterocycles. The highest BCUT2D eigenvalue weighted by Gasteiger charge is 2.36. The Hall–Kier alpha value is -3.11. The molecule has 0 aliphatic carbocycles. The smallest absolute Gasteiger partial charge is 0.351 e. The van der Waals surface area contributed by atoms with Crippen molar-refractivity contribution in [1.82, 2.24) is 20.0 Å². The molecule has 7 nitrogen and oxygen atoms in total. The van der Waals surface area contributed by atoms with E-state index in [1.165, 1.54) is 9.58 Å². The van der Waals surface area contributed by atoms with Crippen LogP contribution in [0, 0.1) is 5.82 Å². The van der Waals surface area contributed by atoms with Crippen LogP contribution in [-0.2, 0) is 19.3 Å². The molecule has 2 aromatic rings. The first kappa shape index (κ1) is 21.6. The van der Waals surface area contributed by atoms with E-state index in [-0.39, 0.29) is 36.5 Å². The Balaban J connectivity index is 2.18. The lowest BCUT2D eigenvalue weighted by Gasteiger charge is -2.27. The van der Waals surface area contributed by atoms with Gasteiger partial charge in [0.25, 0.3) is 5.91 Å². The van der Waals surface area contributed by atoms with Gasteiger partial charge in [-0.25, -0.2) is 9.18 Å². The average Bonchev–Trinajstić information content (AvgIpc) is 2.98. The molecule has 0 fully saturated rings. The zero-order valence-corrected chi connectivity index (χ0v) is 16.6. The molecule has 2 heterocycles. The summed E-state index contributed by atoms with van der Waals surface area (Å²) in [7, 11) is 0. The van der Waals surface area contributed by atoms with Crippen molar-refractivity contribution in [3.8, 4) is 11.3 Å². The number of nitrogens with zero attached hydrogens (tertiary/aromatic N) is 3. The lowest BCUT2D eigenvalue weighted by molar-refractivity contribution is -0.139. The number of aromatic nitrogens is 2. The molecule has 3 amide bonds. The van der Waals surface area contributed by atoms with Gasteiger partial charge in [0.15, 0.2) is 0 Å². The third-order valence-electron chi connectivity index (χ3n) is 4.55. The minimum absolute atomic E-state index is 0.0237. The molecule has 3 rings (SSSR count). The Morgan fingerprint density at radius 3 is 2.40 bits per heavy atom. The molecule has 11 heteroatoms. The van der Waals surface area contributed by atoms with Crippen LogP contribution < -0.4 is 11.1 Å². The molecule has 162 valence electrons. The predicted octanol–water partition coefficient (Wildman–Crippen LogP) is 3.13. The average molecular weight is 427 g/mol. The highest BCUT2D eigenvalue weighted by atomic mass is 19.4. The van der Waals surface area contributed by atoms with Crippen LogP contribution in [0.25, 0.3) is 11.3 Å². The summed E-state index contributed by atoms with van der Waals surface area (Å²) < 4.78 is 54.8. The number of hydrogen-bond acceptors (Lipinski definition) is 3. The summed E-state index contributed by atoms with van der Waals surface area (Å²) in [5, 5.41) is 7.06. The van der Waals surface area contributed by atoms with E-state index >= 15 is 0 Å². The van der Waals surface area contributed by atoms with Gasteiger partial charge in [-0.2, -0.15) is 18.3 Å². The summed E-state index contributed by atoms with van der Waals surface area (Å²) in [6, 6.07) is 1.77. The molecule has 3 N–H and O–H groups in total. The topological polar surface area (TPSA) is 93.2 Å². The molecular formula is C19H21F4N5O2. The number of primary amides is 1. The van der Waals surface area contributed by atoms with Gasteiger partial charge in [-0.15, -0.1) is 0 Å². The van der Waals surface area contributed by atoms with Crippen molar-refractivity contribution in [3.05, 3.63) is 40.8 Å². The van der Waals surface area contributed by atoms with Crippen molar-refractivity contribution in [2.45, 2.75) is 45.6 Å². The Kier molecular flexibility index (Phi) is 5.25. The monoisotopic (exact) mass is 427 g/mol. The summed E-state index contributed by atoms with van der Waals surface area (Å²) >= 11 is 0. The molecule has 30 heavy (non-hydrogen) atoms. The van der Waals surface area contributed by atoms with Gasteiger partial charge in [0.2, 0.25) is 0 Å². The van der Waals surface area contributed by atoms with Crippen molar-refractivity contribution in [1.29, 1.82) is 0 Å². The summed E-state index contributed by atoms with van der Waals surface area (Å²) in [5.41, 5.74) is 3.54. The number of rotatable bonds is 2. The molecule has 0 bridgehead atoms. The number of urea groups is 1. The number of nitrogens with one attached hydrogen (secondary N) is 1. The fourth-order valence-corrected chi connectivity index (χ4v) is 3.24. The van der Waals surface area contributed by atoms with E-state index < -0.39 is 35.0 Å². The van der Waals surface area contributed by atoms with Crippen molar-refractivity contribution < 1.29 is 27.2 Å². The van der Waals surface area contributed by atoms with Crippen LogP contribution in [-0.4, -0.2) is 38.7 Å². The SMILES string of the molecule is CC(C)(C)NC(=O)c1c(-c2ccc(F)c(C(F)(F)F)c2)nn2c1CN(C(N)=O)CC2. The second-order valence-electron chi connectivity index (χ2n) is 8.05. The van der Waals surface area contributed by atoms with Crippen molar-refractivity contribution >= 4 is 11.9 Å². The van der Waals surface area contributed by atoms with Gasteiger partial charge in [-0.3, -0.25) is 9.48 Å². The maximum absolute atomic E-state index is 13.7. The van der Waals surface area contributed by atoms with Crippen LogP contribution in [0.3, 0.4) is 0 Å². The first-order chi connectivity index (χ1) is 13.8. The first-order valence-electron chi connectivity index (χ1n) is 9.11. The van der Waals surface area contributed by atoms with Crippen molar-refractivity contribution in [3.63, 3.8) is 0 Å². The third-order valence-corrected chi connectivity index (χ3v) is 4.55. The van der Waals surface area contributed by atoms with E-state index in [1.54, 1.807) is 20.8 Å². The lowest BCUT2D eigenvalue weighted by atomic mass is 10.0. The number of fused-ring (bicyclic) bond motifs is 1. The third kappa shape index (κ3) is 4.24. The van der Waals surface area contributed by atoms with Gasteiger partial charge in [-0.1, -0.05) is 0 Å². The van der Waals surface area contributed by atoms with Gasteiger partial charge in [0.05, 0.1) is 29.9 Å². The summed E-state index contributed by atoms with van der Waals surface area (Å²) in [4.78, 5) is 25.9. The Bertz CT molecular complexity index is 1010. The summed E-state index contributed by atoms with van der Waals surface area (Å²) in [6.07, 6.45) is -4.91. The fraction of sp³-hybridized carbons (Fsp3) is 0.421. The molecule has 1 aromatic carbocycles. The van der Waals surface area contributed by atoms with Gasteiger partial charge >= 0.3 is 12.2 Å². The highest BCUT2D eigenvalue weighted by molar-refractivity contribution is 6.01. The van der Waals surface area contributed by atoms with Crippen LogP contribution in [0.1, 0.15) is 42.4 Å². The van der Waals surface area contributed by atoms with Gasteiger partial charge in [-0.05, 0) is 39.0 Å². The molecule has 1 aromatic heterocycles. The Labute approximate surface area is 169 Å². The van der Waals surface area contributed by atoms with Gasteiger partial charge in [0, 0.05) is 17.6 Å². The van der Waals surface area contributed by atoms with Crippen LogP contribution in [0.2, 0.25) is 0 Å². The fourth-order valence-electron chi connectivity index (χ4n) is 3.24. The van der Waals surface area contributed by atoms with Gasteiger partial charge in [0.1, 0.15) is 11.5 Å². The van der Waals surface area contributed by atoms with Crippen LogP contribution >= 0.6 is 0 Å². The first-order valence-corrected chi connectivity index (χ1v) is 9.11. The van der Waals surface area contributed by atoms with E-state index in [0.717, 1.165) is 6.07 Å².